The summed E-state index contributed by atoms with van der Waals surface area (Å²) >= 11 is 0. The van der Waals surface area contributed by atoms with E-state index in [-0.39, 0.29) is 0 Å². The highest BCUT2D eigenvalue weighted by molar-refractivity contribution is 5.94. The zero-order chi connectivity index (χ0) is 31.9. The Balaban J connectivity index is 1.17. The maximum atomic E-state index is 6.72. The Morgan fingerprint density at radius 1 is 0.396 bits per heavy atom. The molecule has 0 bridgehead atoms. The third-order valence-electron chi connectivity index (χ3n) is 9.44. The highest BCUT2D eigenvalue weighted by atomic mass is 16.5. The molecule has 0 saturated heterocycles. The zero-order valence-corrected chi connectivity index (χ0v) is 26.1. The molecule has 1 aliphatic heterocycles. The zero-order valence-electron chi connectivity index (χ0n) is 26.1. The maximum Gasteiger partial charge on any atom is 0.160 e. The van der Waals surface area contributed by atoms with Crippen LogP contribution in [0.3, 0.4) is 0 Å². The van der Waals surface area contributed by atoms with Crippen LogP contribution in [0.4, 0.5) is 0 Å². The molecule has 1 aromatic heterocycles. The Bertz CT molecular complexity index is 2360. The first-order chi connectivity index (χ1) is 23.8. The molecular formula is C45H30N2O. The van der Waals surface area contributed by atoms with Gasteiger partial charge in [0.2, 0.25) is 0 Å². The topological polar surface area (TPSA) is 35.0 Å². The van der Waals surface area contributed by atoms with E-state index < -0.39 is 5.41 Å². The summed E-state index contributed by atoms with van der Waals surface area (Å²) in [7, 11) is 0. The third kappa shape index (κ3) is 4.51. The van der Waals surface area contributed by atoms with Crippen LogP contribution >= 0.6 is 0 Å². The highest BCUT2D eigenvalue weighted by Crippen LogP contribution is 2.55. The fourth-order valence-corrected chi connectivity index (χ4v) is 7.22. The van der Waals surface area contributed by atoms with Crippen LogP contribution in [-0.4, -0.2) is 9.97 Å². The first kappa shape index (κ1) is 27.9. The Morgan fingerprint density at radius 3 is 1.69 bits per heavy atom. The summed E-state index contributed by atoms with van der Waals surface area (Å²) in [6, 6.07) is 63.7. The lowest BCUT2D eigenvalue weighted by Crippen LogP contribution is -2.34. The number of rotatable bonds is 5. The van der Waals surface area contributed by atoms with Gasteiger partial charge in [0.05, 0.1) is 16.6 Å². The van der Waals surface area contributed by atoms with Gasteiger partial charge in [0.25, 0.3) is 0 Å². The molecule has 0 unspecified atom stereocenters. The van der Waals surface area contributed by atoms with Gasteiger partial charge in [-0.25, -0.2) is 9.97 Å². The van der Waals surface area contributed by atoms with Gasteiger partial charge in [-0.1, -0.05) is 164 Å². The monoisotopic (exact) mass is 614 g/mol. The Morgan fingerprint density at radius 2 is 0.958 bits per heavy atom. The first-order valence-electron chi connectivity index (χ1n) is 16.2. The Kier molecular flexibility index (Phi) is 6.69. The van der Waals surface area contributed by atoms with Crippen molar-refractivity contribution in [1.82, 2.24) is 9.97 Å². The van der Waals surface area contributed by atoms with Crippen molar-refractivity contribution in [3.05, 3.63) is 204 Å². The van der Waals surface area contributed by atoms with Gasteiger partial charge in [0.15, 0.2) is 5.82 Å². The van der Waals surface area contributed by atoms with E-state index in [1.807, 2.05) is 36.4 Å². The summed E-state index contributed by atoms with van der Waals surface area (Å²) in [6.45, 7) is 0. The molecule has 2 heterocycles. The van der Waals surface area contributed by atoms with Crippen LogP contribution in [0, 0.1) is 0 Å². The number of aromatic nitrogens is 2. The number of ether oxygens (including phenoxy) is 1. The van der Waals surface area contributed by atoms with Gasteiger partial charge < -0.3 is 4.74 Å². The van der Waals surface area contributed by atoms with Crippen molar-refractivity contribution in [2.24, 2.45) is 0 Å². The van der Waals surface area contributed by atoms with E-state index in [2.05, 4.69) is 146 Å². The van der Waals surface area contributed by atoms with Gasteiger partial charge in [0, 0.05) is 27.6 Å². The van der Waals surface area contributed by atoms with E-state index in [1.54, 1.807) is 0 Å². The fourth-order valence-electron chi connectivity index (χ4n) is 7.22. The van der Waals surface area contributed by atoms with E-state index >= 15 is 0 Å². The average Bonchev–Trinajstić information content (AvgIpc) is 3.17. The van der Waals surface area contributed by atoms with E-state index in [4.69, 9.17) is 14.7 Å². The summed E-state index contributed by atoms with van der Waals surface area (Å²) < 4.78 is 6.72. The number of hydrogen-bond donors (Lipinski definition) is 0. The second kappa shape index (κ2) is 11.5. The largest absolute Gasteiger partial charge is 0.457 e. The first-order valence-corrected chi connectivity index (χ1v) is 16.2. The van der Waals surface area contributed by atoms with Crippen LogP contribution in [-0.2, 0) is 5.41 Å². The molecule has 7 aromatic carbocycles. The molecule has 0 amide bonds. The Labute approximate surface area is 279 Å². The van der Waals surface area contributed by atoms with Gasteiger partial charge in [-0.05, 0) is 40.5 Å². The van der Waals surface area contributed by atoms with Crippen molar-refractivity contribution >= 4 is 10.9 Å². The molecule has 0 N–H and O–H groups in total. The fraction of sp³-hybridized carbons (Fsp3) is 0.0222. The van der Waals surface area contributed by atoms with Crippen LogP contribution in [0.15, 0.2) is 182 Å². The molecule has 48 heavy (non-hydrogen) atoms. The van der Waals surface area contributed by atoms with Crippen molar-refractivity contribution in [1.29, 1.82) is 0 Å². The van der Waals surface area contributed by atoms with Gasteiger partial charge in [-0.2, -0.15) is 0 Å². The van der Waals surface area contributed by atoms with Crippen LogP contribution in [0.1, 0.15) is 22.3 Å². The number of fused-ring (bicyclic) bond motifs is 3. The molecule has 1 aliphatic rings. The lowest BCUT2D eigenvalue weighted by Gasteiger charge is -2.41. The van der Waals surface area contributed by atoms with Crippen molar-refractivity contribution in [3.8, 4) is 45.3 Å². The molecule has 8 aromatic rings. The summed E-state index contributed by atoms with van der Waals surface area (Å²) in [5.74, 6) is 2.45. The van der Waals surface area contributed by atoms with E-state index in [0.29, 0.717) is 0 Å². The molecule has 9 rings (SSSR count). The highest BCUT2D eigenvalue weighted by Gasteiger charge is 2.45. The Hall–Kier alpha value is -6.32. The molecular weight excluding hydrogens is 585 g/mol. The summed E-state index contributed by atoms with van der Waals surface area (Å²) in [6.07, 6.45) is 0. The molecule has 0 aliphatic carbocycles. The molecule has 0 fully saturated rings. The number of para-hydroxylation sites is 2. The molecule has 3 heteroatoms. The minimum Gasteiger partial charge on any atom is -0.457 e. The second-order valence-electron chi connectivity index (χ2n) is 12.1. The molecule has 0 atom stereocenters. The smallest absolute Gasteiger partial charge is 0.160 e. The van der Waals surface area contributed by atoms with Crippen molar-refractivity contribution in [2.45, 2.75) is 5.41 Å². The standard InChI is InChI=1S/C45H30N2O/c1-4-14-33(15-5-1)44-46-40-22-12-10-20-37(40)43(47-44)32-26-24-31(25-27-32)34-28-29-39-42(30-34)48-41-23-13-11-21-38(41)45(39,35-16-6-2-7-17-35)36-18-8-3-9-19-36/h1-30H. The van der Waals surface area contributed by atoms with Gasteiger partial charge >= 0.3 is 0 Å². The number of hydrogen-bond acceptors (Lipinski definition) is 3. The van der Waals surface area contributed by atoms with Crippen molar-refractivity contribution in [3.63, 3.8) is 0 Å². The van der Waals surface area contributed by atoms with E-state index in [1.165, 1.54) is 11.1 Å². The van der Waals surface area contributed by atoms with Crippen LogP contribution in [0.25, 0.3) is 44.7 Å². The lowest BCUT2D eigenvalue weighted by atomic mass is 9.63. The minimum atomic E-state index is -0.528. The van der Waals surface area contributed by atoms with Crippen LogP contribution in [0.2, 0.25) is 0 Å². The predicted octanol–water partition coefficient (Wildman–Crippen LogP) is 11.1. The van der Waals surface area contributed by atoms with Crippen LogP contribution < -0.4 is 4.74 Å². The molecule has 0 radical (unpaired) electrons. The molecule has 3 nitrogen and oxygen atoms in total. The number of benzene rings is 7. The third-order valence-corrected chi connectivity index (χ3v) is 9.44. The lowest BCUT2D eigenvalue weighted by molar-refractivity contribution is 0.435. The van der Waals surface area contributed by atoms with Crippen molar-refractivity contribution in [2.75, 3.05) is 0 Å². The molecule has 0 spiro atoms. The average molecular weight is 615 g/mol. The summed E-state index contributed by atoms with van der Waals surface area (Å²) in [4.78, 5) is 9.95. The van der Waals surface area contributed by atoms with Gasteiger partial charge in [0.1, 0.15) is 11.5 Å². The normalized spacial score (nSPS) is 12.9. The molecule has 226 valence electrons. The molecule has 0 saturated carbocycles. The van der Waals surface area contributed by atoms with E-state index in [0.717, 1.165) is 67.3 Å². The SMILES string of the molecule is c1ccc(-c2nc(-c3ccc(-c4ccc5c(c4)Oc4ccccc4C5(c4ccccc4)c4ccccc4)cc3)c3ccccc3n2)cc1. The second-order valence-corrected chi connectivity index (χ2v) is 12.1. The number of nitrogens with zero attached hydrogens (tertiary/aromatic N) is 2. The minimum absolute atomic E-state index is 0.528. The van der Waals surface area contributed by atoms with Crippen molar-refractivity contribution < 1.29 is 4.74 Å². The summed E-state index contributed by atoms with van der Waals surface area (Å²) in [5.41, 5.74) is 10.2. The quantitative estimate of drug-likeness (QED) is 0.193. The predicted molar refractivity (Wildman–Crippen MR) is 194 cm³/mol. The maximum absolute atomic E-state index is 6.72. The van der Waals surface area contributed by atoms with Gasteiger partial charge in [-0.15, -0.1) is 0 Å². The van der Waals surface area contributed by atoms with Crippen LogP contribution in [0.5, 0.6) is 11.5 Å². The summed E-state index contributed by atoms with van der Waals surface area (Å²) in [5, 5.41) is 1.03. The van der Waals surface area contributed by atoms with E-state index in [9.17, 15) is 0 Å². The van der Waals surface area contributed by atoms with Gasteiger partial charge in [-0.3, -0.25) is 0 Å².